The number of amides is 1. The molecule has 0 heterocycles. The molecule has 1 atom stereocenters. The summed E-state index contributed by atoms with van der Waals surface area (Å²) in [4.78, 5) is 14.8. The molecule has 2 N–H and O–H groups in total. The van der Waals surface area contributed by atoms with Crippen LogP contribution >= 0.6 is 0 Å². The molecule has 0 aliphatic carbocycles. The third-order valence-electron chi connectivity index (χ3n) is 6.12. The predicted octanol–water partition coefficient (Wildman–Crippen LogP) is 4.96. The normalized spacial score (nSPS) is 12.9. The highest BCUT2D eigenvalue weighted by Gasteiger charge is 2.23. The second-order valence-corrected chi connectivity index (χ2v) is 10.4. The molecular formula is C27H25N3O3S. The van der Waals surface area contributed by atoms with Crippen molar-refractivity contribution in [3.63, 3.8) is 0 Å². The zero-order valence-corrected chi connectivity index (χ0v) is 20.0. The van der Waals surface area contributed by atoms with E-state index in [4.69, 9.17) is 0 Å². The van der Waals surface area contributed by atoms with Crippen LogP contribution < -0.4 is 14.9 Å². The van der Waals surface area contributed by atoms with E-state index < -0.39 is 22.0 Å². The smallest absolute Gasteiger partial charge is 0.242 e. The standard InChI is InChI=1S/C27H25N3O3S/c1-17(27(31)28-22-11-13-23(14-12-22)30(2)3)29-34(32,33)24-15-20-9-7-18-5-4-6-19-8-10-21(16-24)26(20)25(18)19/h4-17,29H,1-3H3,(H,28,31)/t17-/m0/s1. The fourth-order valence-corrected chi connectivity index (χ4v) is 5.60. The molecule has 0 unspecified atom stereocenters. The molecule has 7 heteroatoms. The molecule has 6 nitrogen and oxygen atoms in total. The van der Waals surface area contributed by atoms with Crippen molar-refractivity contribution in [2.75, 3.05) is 24.3 Å². The van der Waals surface area contributed by atoms with E-state index >= 15 is 0 Å². The van der Waals surface area contributed by atoms with Crippen LogP contribution in [0.4, 0.5) is 11.4 Å². The van der Waals surface area contributed by atoms with Crippen LogP contribution in [0.5, 0.6) is 0 Å². The second kappa shape index (κ2) is 8.27. The third-order valence-corrected chi connectivity index (χ3v) is 7.64. The third kappa shape index (κ3) is 3.93. The first-order chi connectivity index (χ1) is 16.2. The Bertz CT molecular complexity index is 1560. The van der Waals surface area contributed by atoms with Gasteiger partial charge in [-0.1, -0.05) is 42.5 Å². The van der Waals surface area contributed by atoms with Gasteiger partial charge in [0.05, 0.1) is 10.9 Å². The fourth-order valence-electron chi connectivity index (χ4n) is 4.33. The zero-order chi connectivity index (χ0) is 24.0. The van der Waals surface area contributed by atoms with Gasteiger partial charge in [0, 0.05) is 25.5 Å². The molecule has 34 heavy (non-hydrogen) atoms. The topological polar surface area (TPSA) is 78.5 Å². The molecule has 0 radical (unpaired) electrons. The molecule has 1 amide bonds. The van der Waals surface area contributed by atoms with E-state index in [2.05, 4.69) is 22.2 Å². The molecule has 0 spiro atoms. The highest BCUT2D eigenvalue weighted by molar-refractivity contribution is 7.89. The number of sulfonamides is 1. The molecule has 5 aromatic carbocycles. The summed E-state index contributed by atoms with van der Waals surface area (Å²) in [5, 5.41) is 8.87. The lowest BCUT2D eigenvalue weighted by Gasteiger charge is -2.17. The van der Waals surface area contributed by atoms with Crippen LogP contribution in [0.25, 0.3) is 32.3 Å². The lowest BCUT2D eigenvalue weighted by atomic mass is 9.94. The number of benzene rings is 5. The maximum Gasteiger partial charge on any atom is 0.242 e. The quantitative estimate of drug-likeness (QED) is 0.343. The number of nitrogens with one attached hydrogen (secondary N) is 2. The van der Waals surface area contributed by atoms with E-state index in [9.17, 15) is 13.2 Å². The average molecular weight is 472 g/mol. The largest absolute Gasteiger partial charge is 0.378 e. The number of hydrogen-bond donors (Lipinski definition) is 2. The van der Waals surface area contributed by atoms with Crippen molar-refractivity contribution < 1.29 is 13.2 Å². The van der Waals surface area contributed by atoms with Crippen LogP contribution in [0.2, 0.25) is 0 Å². The molecule has 5 aromatic rings. The van der Waals surface area contributed by atoms with Crippen molar-refractivity contribution in [2.24, 2.45) is 0 Å². The summed E-state index contributed by atoms with van der Waals surface area (Å²) in [7, 11) is -0.0566. The maximum absolute atomic E-state index is 13.2. The highest BCUT2D eigenvalue weighted by atomic mass is 32.2. The summed E-state index contributed by atoms with van der Waals surface area (Å²) in [5.41, 5.74) is 1.60. The molecule has 0 bridgehead atoms. The summed E-state index contributed by atoms with van der Waals surface area (Å²) in [5.74, 6) is -0.432. The average Bonchev–Trinajstić information content (AvgIpc) is 2.82. The van der Waals surface area contributed by atoms with Gasteiger partial charge in [-0.05, 0) is 75.6 Å². The lowest BCUT2D eigenvalue weighted by molar-refractivity contribution is -0.117. The van der Waals surface area contributed by atoms with Crippen molar-refractivity contribution in [2.45, 2.75) is 17.9 Å². The summed E-state index contributed by atoms with van der Waals surface area (Å²) in [6.45, 7) is 1.53. The van der Waals surface area contributed by atoms with Gasteiger partial charge in [0.2, 0.25) is 15.9 Å². The number of carbonyl (C=O) groups is 1. The van der Waals surface area contributed by atoms with Crippen molar-refractivity contribution in [3.05, 3.63) is 78.9 Å². The molecule has 0 aromatic heterocycles. The van der Waals surface area contributed by atoms with Crippen LogP contribution in [-0.2, 0) is 14.8 Å². The van der Waals surface area contributed by atoms with Crippen LogP contribution in [0.3, 0.4) is 0 Å². The fraction of sp³-hybridized carbons (Fsp3) is 0.148. The second-order valence-electron chi connectivity index (χ2n) is 8.73. The molecule has 0 saturated carbocycles. The van der Waals surface area contributed by atoms with Gasteiger partial charge >= 0.3 is 0 Å². The monoisotopic (exact) mass is 471 g/mol. The molecular weight excluding hydrogens is 446 g/mol. The van der Waals surface area contributed by atoms with Gasteiger partial charge in [-0.15, -0.1) is 0 Å². The number of carbonyl (C=O) groups excluding carboxylic acids is 1. The van der Waals surface area contributed by atoms with E-state index in [1.807, 2.05) is 61.5 Å². The van der Waals surface area contributed by atoms with E-state index in [1.165, 1.54) is 6.92 Å². The first kappa shape index (κ1) is 22.1. The molecule has 0 aliphatic heterocycles. The Morgan fingerprint density at radius 3 is 1.88 bits per heavy atom. The SMILES string of the molecule is C[C@H](NS(=O)(=O)c1cc2ccc3cccc4ccc(c1)c2c34)C(=O)Nc1ccc(N(C)C)cc1. The van der Waals surface area contributed by atoms with Gasteiger partial charge in [0.25, 0.3) is 0 Å². The summed E-state index contributed by atoms with van der Waals surface area (Å²) in [6, 6.07) is 23.7. The van der Waals surface area contributed by atoms with E-state index in [1.54, 1.807) is 24.3 Å². The van der Waals surface area contributed by atoms with Crippen molar-refractivity contribution in [3.8, 4) is 0 Å². The Labute approximate surface area is 198 Å². The summed E-state index contributed by atoms with van der Waals surface area (Å²) in [6.07, 6.45) is 0. The van der Waals surface area contributed by atoms with Gasteiger partial charge in [0.1, 0.15) is 0 Å². The molecule has 0 fully saturated rings. The van der Waals surface area contributed by atoms with E-state index in [0.29, 0.717) is 5.69 Å². The Balaban J connectivity index is 1.41. The van der Waals surface area contributed by atoms with Crippen LogP contribution in [-0.4, -0.2) is 34.5 Å². The number of anilines is 2. The van der Waals surface area contributed by atoms with Crippen molar-refractivity contribution >= 4 is 59.6 Å². The van der Waals surface area contributed by atoms with Gasteiger partial charge in [-0.25, -0.2) is 8.42 Å². The lowest BCUT2D eigenvalue weighted by Crippen LogP contribution is -2.41. The Morgan fingerprint density at radius 2 is 1.32 bits per heavy atom. The van der Waals surface area contributed by atoms with E-state index in [-0.39, 0.29) is 4.90 Å². The highest BCUT2D eigenvalue weighted by Crippen LogP contribution is 2.35. The molecule has 5 rings (SSSR count). The minimum absolute atomic E-state index is 0.133. The minimum Gasteiger partial charge on any atom is -0.378 e. The minimum atomic E-state index is -3.92. The van der Waals surface area contributed by atoms with Crippen molar-refractivity contribution in [1.29, 1.82) is 0 Å². The van der Waals surface area contributed by atoms with Crippen LogP contribution in [0.1, 0.15) is 6.92 Å². The van der Waals surface area contributed by atoms with Crippen LogP contribution in [0, 0.1) is 0 Å². The summed E-state index contributed by atoms with van der Waals surface area (Å²) >= 11 is 0. The maximum atomic E-state index is 13.2. The predicted molar refractivity (Wildman–Crippen MR) is 139 cm³/mol. The Hall–Kier alpha value is -3.68. The van der Waals surface area contributed by atoms with Gasteiger partial charge in [0.15, 0.2) is 0 Å². The number of hydrogen-bond acceptors (Lipinski definition) is 4. The Kier molecular flexibility index (Phi) is 5.38. The molecule has 0 aliphatic rings. The van der Waals surface area contributed by atoms with Crippen LogP contribution in [0.15, 0.2) is 83.8 Å². The van der Waals surface area contributed by atoms with Crippen molar-refractivity contribution in [1.82, 2.24) is 4.72 Å². The van der Waals surface area contributed by atoms with Gasteiger partial charge in [-0.2, -0.15) is 4.72 Å². The zero-order valence-electron chi connectivity index (χ0n) is 19.2. The molecule has 172 valence electrons. The molecule has 0 saturated heterocycles. The van der Waals surface area contributed by atoms with Gasteiger partial charge in [-0.3, -0.25) is 4.79 Å². The van der Waals surface area contributed by atoms with E-state index in [0.717, 1.165) is 38.0 Å². The first-order valence-corrected chi connectivity index (χ1v) is 12.5. The number of rotatable bonds is 6. The number of nitrogens with zero attached hydrogens (tertiary/aromatic N) is 1. The Morgan fingerprint density at radius 1 is 0.794 bits per heavy atom. The van der Waals surface area contributed by atoms with Gasteiger partial charge < -0.3 is 10.2 Å². The first-order valence-electron chi connectivity index (χ1n) is 11.0. The summed E-state index contributed by atoms with van der Waals surface area (Å²) < 4.78 is 28.9.